The van der Waals surface area contributed by atoms with Gasteiger partial charge in [-0.1, -0.05) is 11.6 Å². The van der Waals surface area contributed by atoms with Gasteiger partial charge in [0.25, 0.3) is 0 Å². The van der Waals surface area contributed by atoms with Gasteiger partial charge in [0.2, 0.25) is 5.88 Å². The van der Waals surface area contributed by atoms with E-state index in [1.807, 2.05) is 26.2 Å². The largest absolute Gasteiger partial charge is 0.474 e. The summed E-state index contributed by atoms with van der Waals surface area (Å²) in [7, 11) is 4.06. The molecule has 0 spiro atoms. The van der Waals surface area contributed by atoms with E-state index in [1.165, 1.54) is 0 Å². The van der Waals surface area contributed by atoms with Crippen LogP contribution in [0, 0.1) is 0 Å². The van der Waals surface area contributed by atoms with Crippen LogP contribution in [0.3, 0.4) is 0 Å². The Kier molecular flexibility index (Phi) is 4.80. The number of rotatable bonds is 4. The van der Waals surface area contributed by atoms with Crippen molar-refractivity contribution in [2.24, 2.45) is 0 Å². The lowest BCUT2D eigenvalue weighted by Gasteiger charge is -2.23. The highest BCUT2D eigenvalue weighted by Gasteiger charge is 2.15. The van der Waals surface area contributed by atoms with Crippen molar-refractivity contribution in [1.82, 2.24) is 15.2 Å². The molecule has 0 aliphatic carbocycles. The van der Waals surface area contributed by atoms with Crippen LogP contribution in [0.4, 0.5) is 0 Å². The highest BCUT2D eigenvalue weighted by Crippen LogP contribution is 2.20. The number of aromatic nitrogens is 1. The van der Waals surface area contributed by atoms with Crippen LogP contribution < -0.4 is 10.1 Å². The first-order valence-corrected chi connectivity index (χ1v) is 6.70. The summed E-state index contributed by atoms with van der Waals surface area (Å²) in [6.07, 6.45) is 2.30. The van der Waals surface area contributed by atoms with E-state index in [2.05, 4.69) is 15.2 Å². The molecule has 1 aromatic heterocycles. The molecule has 5 heteroatoms. The molecule has 2 rings (SSSR count). The third-order valence-electron chi connectivity index (χ3n) is 2.90. The van der Waals surface area contributed by atoms with Crippen LogP contribution in [0.5, 0.6) is 5.88 Å². The number of halogens is 1. The maximum Gasteiger partial charge on any atom is 0.215 e. The molecule has 1 aromatic rings. The first-order chi connectivity index (χ1) is 8.63. The quantitative estimate of drug-likeness (QED) is 0.848. The van der Waals surface area contributed by atoms with E-state index in [9.17, 15) is 0 Å². The summed E-state index contributed by atoms with van der Waals surface area (Å²) in [4.78, 5) is 6.34. The van der Waals surface area contributed by atoms with Gasteiger partial charge in [0.05, 0.1) is 0 Å². The molecular formula is C13H20ClN3O. The molecule has 100 valence electrons. The fourth-order valence-electron chi connectivity index (χ4n) is 2.12. The van der Waals surface area contributed by atoms with Gasteiger partial charge in [0, 0.05) is 12.6 Å². The Bertz CT molecular complexity index is 392. The first-order valence-electron chi connectivity index (χ1n) is 6.32. The van der Waals surface area contributed by atoms with Gasteiger partial charge >= 0.3 is 0 Å². The lowest BCUT2D eigenvalue weighted by molar-refractivity contribution is 0.155. The highest BCUT2D eigenvalue weighted by molar-refractivity contribution is 6.29. The van der Waals surface area contributed by atoms with Crippen molar-refractivity contribution in [3.05, 3.63) is 22.8 Å². The molecule has 4 nitrogen and oxygen atoms in total. The number of hydrogen-bond acceptors (Lipinski definition) is 4. The molecule has 0 bridgehead atoms. The van der Waals surface area contributed by atoms with Crippen LogP contribution >= 0.6 is 11.6 Å². The van der Waals surface area contributed by atoms with Gasteiger partial charge in [0.15, 0.2) is 0 Å². The number of ether oxygens (including phenoxy) is 1. The van der Waals surface area contributed by atoms with Crippen molar-refractivity contribution in [1.29, 1.82) is 0 Å². The van der Waals surface area contributed by atoms with Crippen molar-refractivity contribution in [2.75, 3.05) is 27.2 Å². The number of nitrogens with zero attached hydrogens (tertiary/aromatic N) is 2. The van der Waals surface area contributed by atoms with Crippen LogP contribution in [0.15, 0.2) is 12.1 Å². The van der Waals surface area contributed by atoms with E-state index in [0.29, 0.717) is 11.0 Å². The molecule has 0 aromatic carbocycles. The van der Waals surface area contributed by atoms with Crippen molar-refractivity contribution < 1.29 is 4.74 Å². The molecule has 1 N–H and O–H groups in total. The third-order valence-corrected chi connectivity index (χ3v) is 3.10. The van der Waals surface area contributed by atoms with E-state index < -0.39 is 0 Å². The molecule has 1 aliphatic heterocycles. The van der Waals surface area contributed by atoms with Crippen molar-refractivity contribution in [3.8, 4) is 5.88 Å². The van der Waals surface area contributed by atoms with Crippen LogP contribution in [0.1, 0.15) is 18.4 Å². The number of nitrogens with one attached hydrogen (secondary N) is 1. The van der Waals surface area contributed by atoms with Crippen molar-refractivity contribution in [3.63, 3.8) is 0 Å². The normalized spacial score (nSPS) is 17.1. The lowest BCUT2D eigenvalue weighted by Crippen LogP contribution is -2.34. The summed E-state index contributed by atoms with van der Waals surface area (Å²) in [5.41, 5.74) is 1.13. The SMILES string of the molecule is CN(C)Cc1cc(Cl)nc(OC2CCNCC2)c1. The van der Waals surface area contributed by atoms with Gasteiger partial charge < -0.3 is 15.0 Å². The zero-order valence-electron chi connectivity index (χ0n) is 10.9. The molecule has 1 aliphatic rings. The number of pyridine rings is 1. The minimum atomic E-state index is 0.254. The average Bonchev–Trinajstić information content (AvgIpc) is 2.28. The third kappa shape index (κ3) is 4.12. The Balaban J connectivity index is 2.04. The Labute approximate surface area is 113 Å². The van der Waals surface area contributed by atoms with Gasteiger partial charge in [-0.25, -0.2) is 4.98 Å². The maximum absolute atomic E-state index is 6.03. The predicted octanol–water partition coefficient (Wildman–Crippen LogP) is 1.93. The molecule has 2 heterocycles. The Morgan fingerprint density at radius 1 is 1.39 bits per heavy atom. The van der Waals surface area contributed by atoms with Gasteiger partial charge in [-0.2, -0.15) is 0 Å². The minimum absolute atomic E-state index is 0.254. The molecule has 0 saturated carbocycles. The van der Waals surface area contributed by atoms with E-state index in [1.54, 1.807) is 0 Å². The van der Waals surface area contributed by atoms with Crippen LogP contribution in [-0.4, -0.2) is 43.2 Å². The smallest absolute Gasteiger partial charge is 0.215 e. The van der Waals surface area contributed by atoms with Crippen LogP contribution in [-0.2, 0) is 6.54 Å². The zero-order valence-corrected chi connectivity index (χ0v) is 11.7. The second kappa shape index (κ2) is 6.36. The minimum Gasteiger partial charge on any atom is -0.474 e. The standard InChI is InChI=1S/C13H20ClN3O/c1-17(2)9-10-7-12(14)16-13(8-10)18-11-3-5-15-6-4-11/h7-8,11,15H,3-6,9H2,1-2H3. The summed E-state index contributed by atoms with van der Waals surface area (Å²) >= 11 is 6.03. The monoisotopic (exact) mass is 269 g/mol. The molecule has 0 atom stereocenters. The van der Waals surface area contributed by atoms with Gasteiger partial charge in [-0.15, -0.1) is 0 Å². The first kappa shape index (κ1) is 13.6. The number of piperidine rings is 1. The fraction of sp³-hybridized carbons (Fsp3) is 0.615. The van der Waals surface area contributed by atoms with Crippen molar-refractivity contribution in [2.45, 2.75) is 25.5 Å². The molecule has 1 saturated heterocycles. The second-order valence-corrected chi connectivity index (χ2v) is 5.33. The van der Waals surface area contributed by atoms with Gasteiger partial charge in [-0.3, -0.25) is 0 Å². The molecule has 18 heavy (non-hydrogen) atoms. The van der Waals surface area contributed by atoms with Crippen molar-refractivity contribution >= 4 is 11.6 Å². The van der Waals surface area contributed by atoms with E-state index >= 15 is 0 Å². The Morgan fingerprint density at radius 2 is 2.11 bits per heavy atom. The molecular weight excluding hydrogens is 250 g/mol. The maximum atomic E-state index is 6.03. The summed E-state index contributed by atoms with van der Waals surface area (Å²) in [5, 5.41) is 3.81. The second-order valence-electron chi connectivity index (χ2n) is 4.94. The number of hydrogen-bond donors (Lipinski definition) is 1. The Morgan fingerprint density at radius 3 is 2.78 bits per heavy atom. The average molecular weight is 270 g/mol. The summed E-state index contributed by atoms with van der Waals surface area (Å²) in [5.74, 6) is 0.645. The molecule has 0 amide bonds. The van der Waals surface area contributed by atoms with Crippen LogP contribution in [0.25, 0.3) is 0 Å². The van der Waals surface area contributed by atoms with E-state index in [0.717, 1.165) is 38.0 Å². The summed E-state index contributed by atoms with van der Waals surface area (Å²) in [6, 6.07) is 3.87. The predicted molar refractivity (Wildman–Crippen MR) is 73.2 cm³/mol. The topological polar surface area (TPSA) is 37.4 Å². The Hall–Kier alpha value is -0.840. The summed E-state index contributed by atoms with van der Waals surface area (Å²) in [6.45, 7) is 2.86. The molecule has 0 radical (unpaired) electrons. The van der Waals surface area contributed by atoms with E-state index in [4.69, 9.17) is 16.3 Å². The highest BCUT2D eigenvalue weighted by atomic mass is 35.5. The summed E-state index contributed by atoms with van der Waals surface area (Å²) < 4.78 is 5.90. The van der Waals surface area contributed by atoms with Crippen LogP contribution in [0.2, 0.25) is 5.15 Å². The molecule has 1 fully saturated rings. The zero-order chi connectivity index (χ0) is 13.0. The molecule has 0 unspecified atom stereocenters. The van der Waals surface area contributed by atoms with E-state index in [-0.39, 0.29) is 6.10 Å². The lowest BCUT2D eigenvalue weighted by atomic mass is 10.1. The fourth-order valence-corrected chi connectivity index (χ4v) is 2.35. The van der Waals surface area contributed by atoms with Gasteiger partial charge in [0.1, 0.15) is 11.3 Å². The van der Waals surface area contributed by atoms with Gasteiger partial charge in [-0.05, 0) is 51.7 Å².